The van der Waals surface area contributed by atoms with Gasteiger partial charge in [0.25, 0.3) is 11.0 Å². The zero-order valence-electron chi connectivity index (χ0n) is 7.15. The Balaban J connectivity index is 2.77. The molecule has 0 saturated heterocycles. The summed E-state index contributed by atoms with van der Waals surface area (Å²) in [5, 5.41) is 10.5. The van der Waals surface area contributed by atoms with E-state index in [-0.39, 0.29) is 11.0 Å². The van der Waals surface area contributed by atoms with Gasteiger partial charge in [0, 0.05) is 17.7 Å². The van der Waals surface area contributed by atoms with Crippen molar-refractivity contribution in [3.8, 4) is 0 Å². The summed E-state index contributed by atoms with van der Waals surface area (Å²) < 4.78 is 5.07. The molecule has 0 amide bonds. The lowest BCUT2D eigenvalue weighted by Crippen LogP contribution is -1.88. The fourth-order valence-corrected chi connectivity index (χ4v) is 1.43. The molecule has 14 heavy (non-hydrogen) atoms. The summed E-state index contributed by atoms with van der Waals surface area (Å²) in [6.07, 6.45) is 0. The highest BCUT2D eigenvalue weighted by molar-refractivity contribution is 6.28. The SMILES string of the molecule is Cc1cc([N+](=O)[O-])cc2nc(Cl)oc12. The van der Waals surface area contributed by atoms with E-state index < -0.39 is 4.92 Å². The topological polar surface area (TPSA) is 69.2 Å². The van der Waals surface area contributed by atoms with E-state index in [0.29, 0.717) is 16.7 Å². The van der Waals surface area contributed by atoms with Crippen LogP contribution < -0.4 is 0 Å². The summed E-state index contributed by atoms with van der Waals surface area (Å²) in [5.41, 5.74) is 1.52. The quantitative estimate of drug-likeness (QED) is 0.538. The first-order valence-electron chi connectivity index (χ1n) is 3.79. The molecule has 2 aromatic rings. The van der Waals surface area contributed by atoms with Gasteiger partial charge in [-0.05, 0) is 18.5 Å². The Hall–Kier alpha value is -1.62. The van der Waals surface area contributed by atoms with Crippen molar-refractivity contribution >= 4 is 28.4 Å². The Labute approximate surface area is 83.4 Å². The summed E-state index contributed by atoms with van der Waals surface area (Å²) in [5.74, 6) is 0. The van der Waals surface area contributed by atoms with Gasteiger partial charge in [-0.2, -0.15) is 4.98 Å². The molecule has 0 unspecified atom stereocenters. The van der Waals surface area contributed by atoms with Gasteiger partial charge in [-0.25, -0.2) is 0 Å². The molecule has 0 bridgehead atoms. The molecule has 1 aromatic heterocycles. The Morgan fingerprint density at radius 2 is 2.29 bits per heavy atom. The average molecular weight is 213 g/mol. The molecule has 0 aliphatic carbocycles. The monoisotopic (exact) mass is 212 g/mol. The Kier molecular flexibility index (Phi) is 1.89. The van der Waals surface area contributed by atoms with E-state index >= 15 is 0 Å². The van der Waals surface area contributed by atoms with Gasteiger partial charge in [0.15, 0.2) is 5.58 Å². The highest BCUT2D eigenvalue weighted by Gasteiger charge is 2.13. The molecule has 6 heteroatoms. The van der Waals surface area contributed by atoms with Gasteiger partial charge in [0.05, 0.1) is 4.92 Å². The van der Waals surface area contributed by atoms with Crippen LogP contribution in [0.15, 0.2) is 16.5 Å². The number of hydrogen-bond acceptors (Lipinski definition) is 4. The molecule has 5 nitrogen and oxygen atoms in total. The van der Waals surface area contributed by atoms with Crippen molar-refractivity contribution in [2.75, 3.05) is 0 Å². The highest BCUT2D eigenvalue weighted by atomic mass is 35.5. The molecule has 2 rings (SSSR count). The molecular weight excluding hydrogens is 208 g/mol. The first kappa shape index (κ1) is 8.96. The number of benzene rings is 1. The minimum absolute atomic E-state index is 0.0106. The molecular formula is C8H5ClN2O3. The molecule has 0 atom stereocenters. The standard InChI is InChI=1S/C8H5ClN2O3/c1-4-2-5(11(12)13)3-6-7(4)14-8(9)10-6/h2-3H,1H3. The maximum atomic E-state index is 10.5. The molecule has 1 aromatic carbocycles. The van der Waals surface area contributed by atoms with E-state index in [4.69, 9.17) is 16.0 Å². The lowest BCUT2D eigenvalue weighted by molar-refractivity contribution is -0.384. The Morgan fingerprint density at radius 1 is 1.57 bits per heavy atom. The molecule has 72 valence electrons. The second kappa shape index (κ2) is 2.95. The van der Waals surface area contributed by atoms with Crippen molar-refractivity contribution in [3.05, 3.63) is 33.2 Å². The van der Waals surface area contributed by atoms with Crippen LogP contribution in [0.5, 0.6) is 0 Å². The predicted octanol–water partition coefficient (Wildman–Crippen LogP) is 2.70. The first-order chi connectivity index (χ1) is 6.58. The summed E-state index contributed by atoms with van der Waals surface area (Å²) in [7, 11) is 0. The number of oxazole rings is 1. The fourth-order valence-electron chi connectivity index (χ4n) is 1.26. The van der Waals surface area contributed by atoms with Crippen LogP contribution in [0.3, 0.4) is 0 Å². The first-order valence-corrected chi connectivity index (χ1v) is 4.17. The zero-order valence-corrected chi connectivity index (χ0v) is 7.91. The van der Waals surface area contributed by atoms with Crippen LogP contribution in [0, 0.1) is 17.0 Å². The van der Waals surface area contributed by atoms with E-state index in [1.54, 1.807) is 6.92 Å². The summed E-state index contributed by atoms with van der Waals surface area (Å²) >= 11 is 5.54. The predicted molar refractivity (Wildman–Crippen MR) is 50.4 cm³/mol. The number of fused-ring (bicyclic) bond motifs is 1. The second-order valence-electron chi connectivity index (χ2n) is 2.83. The van der Waals surface area contributed by atoms with Crippen LogP contribution in [0.1, 0.15) is 5.56 Å². The van der Waals surface area contributed by atoms with Gasteiger partial charge in [-0.15, -0.1) is 0 Å². The number of hydrogen-bond donors (Lipinski definition) is 0. The summed E-state index contributed by atoms with van der Waals surface area (Å²) in [6.45, 7) is 1.71. The number of rotatable bonds is 1. The van der Waals surface area contributed by atoms with Crippen molar-refractivity contribution in [2.45, 2.75) is 6.92 Å². The molecule has 0 radical (unpaired) electrons. The highest BCUT2D eigenvalue weighted by Crippen LogP contribution is 2.26. The third kappa shape index (κ3) is 1.31. The van der Waals surface area contributed by atoms with E-state index in [0.717, 1.165) is 0 Å². The Morgan fingerprint density at radius 3 is 2.93 bits per heavy atom. The molecule has 0 N–H and O–H groups in total. The number of halogens is 1. The molecule has 0 fully saturated rings. The number of non-ortho nitro benzene ring substituents is 1. The van der Waals surface area contributed by atoms with E-state index in [1.165, 1.54) is 12.1 Å². The van der Waals surface area contributed by atoms with Gasteiger partial charge >= 0.3 is 0 Å². The van der Waals surface area contributed by atoms with Crippen LogP contribution in [-0.2, 0) is 0 Å². The Bertz CT molecular complexity index is 521. The van der Waals surface area contributed by atoms with Crippen LogP contribution in [-0.4, -0.2) is 9.91 Å². The maximum Gasteiger partial charge on any atom is 0.293 e. The minimum Gasteiger partial charge on any atom is -0.427 e. The number of nitro benzene ring substituents is 1. The van der Waals surface area contributed by atoms with Crippen molar-refractivity contribution in [3.63, 3.8) is 0 Å². The maximum absolute atomic E-state index is 10.5. The third-order valence-corrected chi connectivity index (χ3v) is 2.01. The lowest BCUT2D eigenvalue weighted by atomic mass is 10.2. The van der Waals surface area contributed by atoms with Crippen LogP contribution in [0.25, 0.3) is 11.1 Å². The number of aromatic nitrogens is 1. The smallest absolute Gasteiger partial charge is 0.293 e. The van der Waals surface area contributed by atoms with Gasteiger partial charge in [0.1, 0.15) is 5.52 Å². The van der Waals surface area contributed by atoms with Gasteiger partial charge < -0.3 is 4.42 Å². The molecule has 0 aliphatic rings. The van der Waals surface area contributed by atoms with E-state index in [2.05, 4.69) is 4.98 Å². The average Bonchev–Trinajstić information content (AvgIpc) is 2.45. The number of aryl methyl sites for hydroxylation is 1. The van der Waals surface area contributed by atoms with Crippen molar-refractivity contribution in [1.29, 1.82) is 0 Å². The van der Waals surface area contributed by atoms with Gasteiger partial charge in [0.2, 0.25) is 0 Å². The zero-order chi connectivity index (χ0) is 10.3. The van der Waals surface area contributed by atoms with Crippen molar-refractivity contribution in [2.24, 2.45) is 0 Å². The molecule has 0 spiro atoms. The van der Waals surface area contributed by atoms with Crippen LogP contribution in [0.2, 0.25) is 5.35 Å². The summed E-state index contributed by atoms with van der Waals surface area (Å²) in [4.78, 5) is 13.9. The van der Waals surface area contributed by atoms with Gasteiger partial charge in [-0.1, -0.05) is 0 Å². The number of nitrogens with zero attached hydrogens (tertiary/aromatic N) is 2. The van der Waals surface area contributed by atoms with Crippen molar-refractivity contribution < 1.29 is 9.34 Å². The summed E-state index contributed by atoms with van der Waals surface area (Å²) in [6, 6.07) is 2.75. The molecule has 0 aliphatic heterocycles. The minimum atomic E-state index is -0.477. The third-order valence-electron chi connectivity index (χ3n) is 1.85. The molecule has 1 heterocycles. The van der Waals surface area contributed by atoms with Crippen molar-refractivity contribution in [1.82, 2.24) is 4.98 Å². The van der Waals surface area contributed by atoms with Crippen LogP contribution >= 0.6 is 11.6 Å². The largest absolute Gasteiger partial charge is 0.427 e. The second-order valence-corrected chi connectivity index (χ2v) is 3.16. The fraction of sp³-hybridized carbons (Fsp3) is 0.125. The number of nitro groups is 1. The lowest BCUT2D eigenvalue weighted by Gasteiger charge is -1.93. The normalized spacial score (nSPS) is 10.7. The van der Waals surface area contributed by atoms with E-state index in [9.17, 15) is 10.1 Å². The van der Waals surface area contributed by atoms with Crippen LogP contribution in [0.4, 0.5) is 5.69 Å². The van der Waals surface area contributed by atoms with Gasteiger partial charge in [-0.3, -0.25) is 10.1 Å². The van der Waals surface area contributed by atoms with E-state index in [1.807, 2.05) is 0 Å². The molecule has 0 saturated carbocycles.